The summed E-state index contributed by atoms with van der Waals surface area (Å²) in [5, 5.41) is 7.96. The molecule has 353 valence electrons. The molecular weight excluding hydrogens is 876 g/mol. The van der Waals surface area contributed by atoms with E-state index < -0.39 is 0 Å². The Labute approximate surface area is 427 Å². The first-order valence-corrected chi connectivity index (χ1v) is 26.7. The molecule has 71 heavy (non-hydrogen) atoms. The zero-order valence-electron chi connectivity index (χ0n) is 43.8. The minimum absolute atomic E-state index is 0.0261. The number of thiophene rings is 1. The molecule has 0 saturated heterocycles. The molecule has 0 fully saturated rings. The van der Waals surface area contributed by atoms with E-state index in [0.29, 0.717) is 0 Å². The van der Waals surface area contributed by atoms with Gasteiger partial charge in [0.1, 0.15) is 0 Å². The van der Waals surface area contributed by atoms with E-state index >= 15 is 0 Å². The van der Waals surface area contributed by atoms with E-state index in [4.69, 9.17) is 0 Å². The minimum atomic E-state index is -0.206. The van der Waals surface area contributed by atoms with E-state index in [2.05, 4.69) is 252 Å². The fourth-order valence-corrected chi connectivity index (χ4v) is 13.5. The molecule has 0 amide bonds. The van der Waals surface area contributed by atoms with Gasteiger partial charge in [-0.15, -0.1) is 11.3 Å². The number of fused-ring (bicyclic) bond motifs is 9. The summed E-state index contributed by atoms with van der Waals surface area (Å²) in [4.78, 5) is 2.62. The van der Waals surface area contributed by atoms with Crippen molar-refractivity contribution in [3.05, 3.63) is 185 Å². The number of benzene rings is 8. The molecule has 1 radical (unpaired) electrons. The van der Waals surface area contributed by atoms with Crippen molar-refractivity contribution in [3.8, 4) is 33.4 Å². The summed E-state index contributed by atoms with van der Waals surface area (Å²) in [5.74, 6) is 0. The molecule has 3 aliphatic rings. The van der Waals surface area contributed by atoms with Gasteiger partial charge in [0.15, 0.2) is 0 Å². The third-order valence-electron chi connectivity index (χ3n) is 16.7. The fourth-order valence-electron chi connectivity index (χ4n) is 12.3. The van der Waals surface area contributed by atoms with E-state index in [1.165, 1.54) is 133 Å². The van der Waals surface area contributed by atoms with Crippen LogP contribution in [0.25, 0.3) is 54.2 Å². The number of nitrogens with zero attached hydrogens (tertiary/aromatic N) is 1. The average Bonchev–Trinajstić information content (AvgIpc) is 3.82. The molecule has 0 spiro atoms. The number of hydrogen-bond acceptors (Lipinski definition) is 3. The second-order valence-corrected chi connectivity index (χ2v) is 25.8. The molecule has 1 N–H and O–H groups in total. The third kappa shape index (κ3) is 7.25. The van der Waals surface area contributed by atoms with Crippen molar-refractivity contribution in [3.63, 3.8) is 0 Å². The molecule has 0 atom stereocenters. The Hall–Kier alpha value is -6.36. The number of hydrogen-bond donors (Lipinski definition) is 1. The maximum atomic E-state index is 4.23. The Kier molecular flexibility index (Phi) is 10.2. The van der Waals surface area contributed by atoms with Crippen LogP contribution in [0.4, 0.5) is 28.4 Å². The van der Waals surface area contributed by atoms with Crippen molar-refractivity contribution in [1.82, 2.24) is 0 Å². The van der Waals surface area contributed by atoms with Gasteiger partial charge in [0.2, 0.25) is 7.28 Å². The Morgan fingerprint density at radius 2 is 1.15 bits per heavy atom. The lowest BCUT2D eigenvalue weighted by Gasteiger charge is -2.42. The lowest BCUT2D eigenvalue weighted by Crippen LogP contribution is -2.39. The second kappa shape index (κ2) is 15.8. The van der Waals surface area contributed by atoms with Crippen molar-refractivity contribution >= 4 is 78.2 Å². The lowest BCUT2D eigenvalue weighted by molar-refractivity contribution is 0.331. The Morgan fingerprint density at radius 1 is 0.521 bits per heavy atom. The van der Waals surface area contributed by atoms with Crippen LogP contribution in [0.5, 0.6) is 0 Å². The summed E-state index contributed by atoms with van der Waals surface area (Å²) >= 11 is 1.90. The van der Waals surface area contributed by atoms with E-state index in [0.717, 1.165) is 5.69 Å². The Balaban J connectivity index is 1.18. The zero-order valence-corrected chi connectivity index (χ0v) is 44.6. The quantitative estimate of drug-likeness (QED) is 0.173. The highest BCUT2D eigenvalue weighted by Gasteiger charge is 2.44. The molecule has 0 bridgehead atoms. The topological polar surface area (TPSA) is 15.3 Å². The summed E-state index contributed by atoms with van der Waals surface area (Å²) in [6.07, 6.45) is 2.36. The van der Waals surface area contributed by atoms with Gasteiger partial charge >= 0.3 is 0 Å². The van der Waals surface area contributed by atoms with Crippen LogP contribution < -0.4 is 20.5 Å². The summed E-state index contributed by atoms with van der Waals surface area (Å²) in [7, 11) is 2.52. The number of nitrogens with one attached hydrogen (secondary N) is 1. The Morgan fingerprint density at radius 3 is 1.86 bits per heavy atom. The van der Waals surface area contributed by atoms with Gasteiger partial charge in [0.05, 0.1) is 17.1 Å². The molecule has 0 saturated carbocycles. The highest BCUT2D eigenvalue weighted by atomic mass is 32.1. The van der Waals surface area contributed by atoms with Gasteiger partial charge < -0.3 is 10.2 Å². The fraction of sp³-hybridized carbons (Fsp3) is 0.284. The van der Waals surface area contributed by atoms with Crippen LogP contribution in [-0.4, -0.2) is 7.28 Å². The first kappa shape index (κ1) is 45.8. The normalized spacial score (nSPS) is 16.2. The molecule has 0 unspecified atom stereocenters. The predicted octanol–water partition coefficient (Wildman–Crippen LogP) is 17.8. The summed E-state index contributed by atoms with van der Waals surface area (Å²) in [6, 6.07) is 58.2. The maximum Gasteiger partial charge on any atom is 0.211 e. The van der Waals surface area contributed by atoms with Crippen LogP contribution in [0.3, 0.4) is 0 Å². The first-order chi connectivity index (χ1) is 33.7. The molecule has 2 heterocycles. The molecule has 4 heteroatoms. The van der Waals surface area contributed by atoms with Gasteiger partial charge in [-0.2, -0.15) is 0 Å². The van der Waals surface area contributed by atoms with Crippen LogP contribution in [-0.2, 0) is 27.1 Å². The smallest absolute Gasteiger partial charge is 0.211 e. The summed E-state index contributed by atoms with van der Waals surface area (Å²) in [6.45, 7) is 28.6. The van der Waals surface area contributed by atoms with Gasteiger partial charge in [-0.05, 0) is 148 Å². The van der Waals surface area contributed by atoms with Crippen molar-refractivity contribution in [1.29, 1.82) is 0 Å². The van der Waals surface area contributed by atoms with Crippen LogP contribution >= 0.6 is 11.3 Å². The highest BCUT2D eigenvalue weighted by Crippen LogP contribution is 2.59. The Bertz CT molecular complexity index is 3630. The van der Waals surface area contributed by atoms with Gasteiger partial charge in [0, 0.05) is 43.6 Å². The van der Waals surface area contributed by atoms with Crippen molar-refractivity contribution in [2.45, 2.75) is 123 Å². The van der Waals surface area contributed by atoms with Crippen molar-refractivity contribution in [2.24, 2.45) is 0 Å². The van der Waals surface area contributed by atoms with Crippen LogP contribution in [0.2, 0.25) is 0 Å². The van der Waals surface area contributed by atoms with Crippen molar-refractivity contribution < 1.29 is 0 Å². The van der Waals surface area contributed by atoms with E-state index in [1.54, 1.807) is 0 Å². The standard InChI is InChI=1S/C67H66BN2S/c1-63(2,3)42-26-29-44(30-27-42)69-60-47(31-32-50-58(60)49-38-52-53(39-51(49)67(50,11)12)66(9,10)35-34-65(52,7)8)57-45-23-17-16-22-41(45)36-55-59(57)68-62-61(46-24-18-19-25-56(46)71-62)70(55)54-33-28-43(64(4,5)6)37-48(54)40-20-14-13-15-21-40/h13-33,36-39,69H,34-35H2,1-12H3. The number of rotatable bonds is 5. The SMILES string of the molecule is CC(C)(C)c1ccc(Nc2c(-c3c4c(cc5ccccc35)N(c3ccc(C(C)(C)C)cc3-c3ccccc3)c3c(sc5ccccc35)[B]4)ccc3c2-c2cc4c(cc2C3(C)C)C(C)(C)CCC4(C)C)cc1. The monoisotopic (exact) mass is 942 g/mol. The first-order valence-electron chi connectivity index (χ1n) is 25.9. The van der Waals surface area contributed by atoms with Gasteiger partial charge in [-0.3, -0.25) is 0 Å². The van der Waals surface area contributed by atoms with Crippen LogP contribution in [0.1, 0.15) is 129 Å². The highest BCUT2D eigenvalue weighted by molar-refractivity contribution is 7.29. The molecule has 1 aromatic heterocycles. The van der Waals surface area contributed by atoms with Crippen molar-refractivity contribution in [2.75, 3.05) is 10.2 Å². The largest absolute Gasteiger partial charge is 0.355 e. The van der Waals surface area contributed by atoms with Crippen LogP contribution in [0.15, 0.2) is 152 Å². The second-order valence-electron chi connectivity index (χ2n) is 24.7. The molecule has 2 aliphatic carbocycles. The van der Waals surface area contributed by atoms with E-state index in [9.17, 15) is 0 Å². The predicted molar refractivity (Wildman–Crippen MR) is 310 cm³/mol. The molecule has 1 aliphatic heterocycles. The van der Waals surface area contributed by atoms with Crippen LogP contribution in [0, 0.1) is 0 Å². The zero-order chi connectivity index (χ0) is 49.6. The maximum absolute atomic E-state index is 4.23. The molecule has 8 aromatic carbocycles. The summed E-state index contributed by atoms with van der Waals surface area (Å²) in [5.41, 5.74) is 23.2. The lowest BCUT2D eigenvalue weighted by atomic mass is 9.61. The van der Waals surface area contributed by atoms with Gasteiger partial charge in [-0.25, -0.2) is 0 Å². The van der Waals surface area contributed by atoms with Gasteiger partial charge in [0.25, 0.3) is 0 Å². The average molecular weight is 942 g/mol. The summed E-state index contributed by atoms with van der Waals surface area (Å²) < 4.78 is 2.56. The van der Waals surface area contributed by atoms with E-state index in [1.807, 2.05) is 11.3 Å². The molecule has 12 rings (SSSR count). The molecular formula is C67H66BN2S. The number of anilines is 5. The minimum Gasteiger partial charge on any atom is -0.355 e. The van der Waals surface area contributed by atoms with Gasteiger partial charge in [-0.1, -0.05) is 192 Å². The molecule has 9 aromatic rings. The van der Waals surface area contributed by atoms with E-state index in [-0.39, 0.29) is 27.1 Å². The third-order valence-corrected chi connectivity index (χ3v) is 17.8. The molecule has 2 nitrogen and oxygen atoms in total.